The monoisotopic (exact) mass is 488 g/mol. The summed E-state index contributed by atoms with van der Waals surface area (Å²) in [5.74, 6) is 0.452. The van der Waals surface area contributed by atoms with Crippen LogP contribution in [0, 0.1) is 5.82 Å². The van der Waals surface area contributed by atoms with Crippen LogP contribution in [0.4, 0.5) is 10.1 Å². The SMILES string of the molecule is CN=C(NCc1ccc(N2CCOCC2)c(F)c1)NCc1ccnn1C.I. The van der Waals surface area contributed by atoms with E-state index in [2.05, 4.69) is 20.7 Å². The van der Waals surface area contributed by atoms with Gasteiger partial charge in [0.15, 0.2) is 5.96 Å². The van der Waals surface area contributed by atoms with Crippen LogP contribution in [-0.2, 0) is 24.9 Å². The Bertz CT molecular complexity index is 760. The van der Waals surface area contributed by atoms with Crippen LogP contribution in [-0.4, -0.2) is 49.1 Å². The van der Waals surface area contributed by atoms with Crippen LogP contribution in [0.2, 0.25) is 0 Å². The van der Waals surface area contributed by atoms with Gasteiger partial charge in [0.1, 0.15) is 5.82 Å². The summed E-state index contributed by atoms with van der Waals surface area (Å²) in [5.41, 5.74) is 2.55. The summed E-state index contributed by atoms with van der Waals surface area (Å²) in [5, 5.41) is 10.6. The minimum atomic E-state index is -0.205. The van der Waals surface area contributed by atoms with Gasteiger partial charge in [0.25, 0.3) is 0 Å². The Morgan fingerprint density at radius 2 is 1.96 bits per heavy atom. The van der Waals surface area contributed by atoms with Gasteiger partial charge < -0.3 is 20.3 Å². The van der Waals surface area contributed by atoms with Crippen molar-refractivity contribution in [1.82, 2.24) is 20.4 Å². The number of hydrogen-bond acceptors (Lipinski definition) is 4. The van der Waals surface area contributed by atoms with Gasteiger partial charge in [-0.1, -0.05) is 6.07 Å². The highest BCUT2D eigenvalue weighted by molar-refractivity contribution is 14.0. The third-order valence-corrected chi connectivity index (χ3v) is 4.41. The molecule has 0 bridgehead atoms. The summed E-state index contributed by atoms with van der Waals surface area (Å²) in [6.45, 7) is 3.83. The van der Waals surface area contributed by atoms with Gasteiger partial charge in [-0.3, -0.25) is 9.67 Å². The highest BCUT2D eigenvalue weighted by Crippen LogP contribution is 2.21. The second-order valence-electron chi connectivity index (χ2n) is 6.11. The number of hydrogen-bond donors (Lipinski definition) is 2. The van der Waals surface area contributed by atoms with Gasteiger partial charge in [0.05, 0.1) is 31.1 Å². The molecule has 1 aliphatic heterocycles. The van der Waals surface area contributed by atoms with Gasteiger partial charge in [-0.05, 0) is 23.8 Å². The van der Waals surface area contributed by atoms with Crippen molar-refractivity contribution in [3.05, 3.63) is 47.5 Å². The number of nitrogens with one attached hydrogen (secondary N) is 2. The molecule has 9 heteroatoms. The lowest BCUT2D eigenvalue weighted by Crippen LogP contribution is -2.37. The summed E-state index contributed by atoms with van der Waals surface area (Å²) in [6, 6.07) is 7.30. The molecule has 2 aromatic rings. The number of aromatic nitrogens is 2. The number of aliphatic imine (C=N–C) groups is 1. The first-order valence-electron chi connectivity index (χ1n) is 8.70. The van der Waals surface area contributed by atoms with E-state index in [1.165, 1.54) is 0 Å². The molecule has 1 aromatic heterocycles. The van der Waals surface area contributed by atoms with Crippen LogP contribution >= 0.6 is 24.0 Å². The molecule has 2 heterocycles. The normalized spacial score (nSPS) is 14.6. The molecule has 7 nitrogen and oxygen atoms in total. The maximum Gasteiger partial charge on any atom is 0.191 e. The number of morpholine rings is 1. The molecular weight excluding hydrogens is 462 g/mol. The number of halogens is 2. The lowest BCUT2D eigenvalue weighted by Gasteiger charge is -2.29. The lowest BCUT2D eigenvalue weighted by atomic mass is 10.1. The number of guanidine groups is 1. The molecule has 0 aliphatic carbocycles. The molecule has 27 heavy (non-hydrogen) atoms. The van der Waals surface area contributed by atoms with E-state index in [4.69, 9.17) is 4.74 Å². The Kier molecular flexibility index (Phi) is 8.29. The van der Waals surface area contributed by atoms with E-state index < -0.39 is 0 Å². The zero-order valence-electron chi connectivity index (χ0n) is 15.6. The van der Waals surface area contributed by atoms with Crippen molar-refractivity contribution in [3.8, 4) is 0 Å². The van der Waals surface area contributed by atoms with Gasteiger partial charge >= 0.3 is 0 Å². The molecule has 0 spiro atoms. The maximum atomic E-state index is 14.5. The Balaban J connectivity index is 0.00000261. The van der Waals surface area contributed by atoms with E-state index in [9.17, 15) is 4.39 Å². The van der Waals surface area contributed by atoms with Crippen molar-refractivity contribution >= 4 is 35.6 Å². The first kappa shape index (κ1) is 21.4. The van der Waals surface area contributed by atoms with Crippen molar-refractivity contribution in [1.29, 1.82) is 0 Å². The Morgan fingerprint density at radius 1 is 1.22 bits per heavy atom. The van der Waals surface area contributed by atoms with Gasteiger partial charge in [0, 0.05) is 39.9 Å². The lowest BCUT2D eigenvalue weighted by molar-refractivity contribution is 0.122. The zero-order valence-corrected chi connectivity index (χ0v) is 17.9. The van der Waals surface area contributed by atoms with Crippen LogP contribution in [0.1, 0.15) is 11.3 Å². The predicted octanol–water partition coefficient (Wildman–Crippen LogP) is 1.88. The summed E-state index contributed by atoms with van der Waals surface area (Å²) >= 11 is 0. The molecule has 0 amide bonds. The van der Waals surface area contributed by atoms with E-state index in [1.807, 2.05) is 30.1 Å². The van der Waals surface area contributed by atoms with E-state index in [0.29, 0.717) is 38.0 Å². The van der Waals surface area contributed by atoms with Gasteiger partial charge in [-0.25, -0.2) is 4.39 Å². The second kappa shape index (κ2) is 10.5. The van der Waals surface area contributed by atoms with E-state index in [1.54, 1.807) is 24.0 Å². The molecule has 2 N–H and O–H groups in total. The van der Waals surface area contributed by atoms with Crippen LogP contribution in [0.25, 0.3) is 0 Å². The van der Waals surface area contributed by atoms with Gasteiger partial charge in [-0.15, -0.1) is 24.0 Å². The van der Waals surface area contributed by atoms with Crippen LogP contribution < -0.4 is 15.5 Å². The highest BCUT2D eigenvalue weighted by atomic mass is 127. The molecule has 1 fully saturated rings. The molecule has 1 aromatic carbocycles. The average Bonchev–Trinajstić information content (AvgIpc) is 3.07. The molecule has 3 rings (SSSR count). The standard InChI is InChI=1S/C18H25FN6O.HI/c1-20-18(22-13-15-5-6-23-24(15)2)21-12-14-3-4-17(16(19)11-14)25-7-9-26-10-8-25;/h3-6,11H,7-10,12-13H2,1-2H3,(H2,20,21,22);1H. The molecular formula is C18H26FIN6O. The molecule has 1 aliphatic rings. The Morgan fingerprint density at radius 3 is 2.59 bits per heavy atom. The topological polar surface area (TPSA) is 66.7 Å². The summed E-state index contributed by atoms with van der Waals surface area (Å²) in [7, 11) is 3.60. The maximum absolute atomic E-state index is 14.5. The summed E-state index contributed by atoms with van der Waals surface area (Å²) in [6.07, 6.45) is 1.76. The largest absolute Gasteiger partial charge is 0.378 e. The highest BCUT2D eigenvalue weighted by Gasteiger charge is 2.15. The summed E-state index contributed by atoms with van der Waals surface area (Å²) in [4.78, 5) is 6.21. The molecule has 1 saturated heterocycles. The molecule has 0 radical (unpaired) electrons. The fraction of sp³-hybridized carbons (Fsp3) is 0.444. The summed E-state index contributed by atoms with van der Waals surface area (Å²) < 4.78 is 21.6. The average molecular weight is 488 g/mol. The van der Waals surface area contributed by atoms with E-state index >= 15 is 0 Å². The number of benzene rings is 1. The van der Waals surface area contributed by atoms with Gasteiger partial charge in [0.2, 0.25) is 0 Å². The van der Waals surface area contributed by atoms with Crippen molar-refractivity contribution in [3.63, 3.8) is 0 Å². The third kappa shape index (κ3) is 5.80. The first-order valence-corrected chi connectivity index (χ1v) is 8.70. The zero-order chi connectivity index (χ0) is 18.4. The van der Waals surface area contributed by atoms with Crippen molar-refractivity contribution < 1.29 is 9.13 Å². The van der Waals surface area contributed by atoms with E-state index in [0.717, 1.165) is 24.3 Å². The third-order valence-electron chi connectivity index (χ3n) is 4.41. The number of nitrogens with zero attached hydrogens (tertiary/aromatic N) is 4. The quantitative estimate of drug-likeness (QED) is 0.383. The fourth-order valence-electron chi connectivity index (χ4n) is 2.88. The van der Waals surface area contributed by atoms with Crippen LogP contribution in [0.15, 0.2) is 35.5 Å². The molecule has 0 saturated carbocycles. The Hall–Kier alpha value is -1.88. The minimum absolute atomic E-state index is 0. The number of ether oxygens (including phenoxy) is 1. The number of aryl methyl sites for hydroxylation is 1. The van der Waals surface area contributed by atoms with Crippen molar-refractivity contribution in [2.45, 2.75) is 13.1 Å². The van der Waals surface area contributed by atoms with Crippen molar-refractivity contribution in [2.75, 3.05) is 38.3 Å². The smallest absolute Gasteiger partial charge is 0.191 e. The van der Waals surface area contributed by atoms with Crippen LogP contribution in [0.3, 0.4) is 0 Å². The molecule has 0 unspecified atom stereocenters. The fourth-order valence-corrected chi connectivity index (χ4v) is 2.88. The molecule has 148 valence electrons. The molecule has 0 atom stereocenters. The van der Waals surface area contributed by atoms with Gasteiger partial charge in [-0.2, -0.15) is 5.10 Å². The van der Waals surface area contributed by atoms with Crippen LogP contribution in [0.5, 0.6) is 0 Å². The second-order valence-corrected chi connectivity index (χ2v) is 6.11. The van der Waals surface area contributed by atoms with Crippen molar-refractivity contribution in [2.24, 2.45) is 12.0 Å². The first-order chi connectivity index (χ1) is 12.7. The minimum Gasteiger partial charge on any atom is -0.378 e. The predicted molar refractivity (Wildman–Crippen MR) is 115 cm³/mol. The number of rotatable bonds is 5. The van der Waals surface area contributed by atoms with E-state index in [-0.39, 0.29) is 29.8 Å². The Labute approximate surface area is 176 Å². The number of anilines is 1.